The first kappa shape index (κ1) is 19.3. The Hall–Kier alpha value is -3.68. The lowest BCUT2D eigenvalue weighted by Gasteiger charge is -2.35. The van der Waals surface area contributed by atoms with Gasteiger partial charge in [-0.2, -0.15) is 4.98 Å². The molecule has 1 saturated heterocycles. The molecule has 0 unspecified atom stereocenters. The van der Waals surface area contributed by atoms with Gasteiger partial charge in [0, 0.05) is 56.1 Å². The van der Waals surface area contributed by atoms with Crippen LogP contribution in [0.3, 0.4) is 0 Å². The van der Waals surface area contributed by atoms with Gasteiger partial charge in [0.15, 0.2) is 0 Å². The number of pyridine rings is 1. The summed E-state index contributed by atoms with van der Waals surface area (Å²) >= 11 is 0. The van der Waals surface area contributed by atoms with Gasteiger partial charge in [0.2, 0.25) is 17.6 Å². The molecule has 3 aromatic heterocycles. The van der Waals surface area contributed by atoms with E-state index in [2.05, 4.69) is 26.1 Å². The van der Waals surface area contributed by atoms with Crippen molar-refractivity contribution >= 4 is 22.6 Å². The standard InChI is InChI=1S/C23H24N6O2/c1-2-21-25-23(26-31-21)18-7-8-20(24-15-18)27-11-13-28(14-12-27)22(30)16-29-10-9-17-5-3-4-6-19(17)29/h3-10,15H,2,11-14,16H2,1H3. The zero-order valence-electron chi connectivity index (χ0n) is 17.4. The number of carbonyl (C=O) groups excluding carboxylic acids is 1. The Kier molecular flexibility index (Phi) is 5.11. The van der Waals surface area contributed by atoms with Gasteiger partial charge in [0.1, 0.15) is 12.4 Å². The van der Waals surface area contributed by atoms with Gasteiger partial charge in [-0.3, -0.25) is 4.79 Å². The Morgan fingerprint density at radius 1 is 1.06 bits per heavy atom. The van der Waals surface area contributed by atoms with E-state index < -0.39 is 0 Å². The first-order chi connectivity index (χ1) is 15.2. The number of nitrogens with zero attached hydrogens (tertiary/aromatic N) is 6. The van der Waals surface area contributed by atoms with Crippen LogP contribution in [-0.4, -0.2) is 56.7 Å². The summed E-state index contributed by atoms with van der Waals surface area (Å²) in [6.07, 6.45) is 4.47. The number of fused-ring (bicyclic) bond motifs is 1. The number of anilines is 1. The number of hydrogen-bond acceptors (Lipinski definition) is 6. The Balaban J connectivity index is 1.19. The van der Waals surface area contributed by atoms with E-state index in [0.29, 0.717) is 37.8 Å². The molecular weight excluding hydrogens is 392 g/mol. The molecule has 4 aromatic rings. The second-order valence-electron chi connectivity index (χ2n) is 7.64. The monoisotopic (exact) mass is 416 g/mol. The molecule has 0 bridgehead atoms. The Morgan fingerprint density at radius 3 is 2.65 bits per heavy atom. The van der Waals surface area contributed by atoms with Crippen molar-refractivity contribution in [1.82, 2.24) is 24.6 Å². The molecule has 5 rings (SSSR count). The molecule has 1 aliphatic heterocycles. The highest BCUT2D eigenvalue weighted by molar-refractivity contribution is 5.83. The third-order valence-corrected chi connectivity index (χ3v) is 5.72. The lowest BCUT2D eigenvalue weighted by atomic mass is 10.2. The van der Waals surface area contributed by atoms with E-state index in [1.165, 1.54) is 0 Å². The van der Waals surface area contributed by atoms with E-state index in [9.17, 15) is 4.79 Å². The molecule has 8 heteroatoms. The molecule has 0 atom stereocenters. The van der Waals surface area contributed by atoms with E-state index in [4.69, 9.17) is 4.52 Å². The van der Waals surface area contributed by atoms with E-state index in [-0.39, 0.29) is 5.91 Å². The molecule has 4 heterocycles. The molecule has 31 heavy (non-hydrogen) atoms. The second-order valence-corrected chi connectivity index (χ2v) is 7.64. The van der Waals surface area contributed by atoms with Gasteiger partial charge in [0.25, 0.3) is 0 Å². The fourth-order valence-corrected chi connectivity index (χ4v) is 3.93. The smallest absolute Gasteiger partial charge is 0.242 e. The van der Waals surface area contributed by atoms with Crippen LogP contribution in [0.15, 0.2) is 59.4 Å². The van der Waals surface area contributed by atoms with Crippen LogP contribution in [0.25, 0.3) is 22.3 Å². The topological polar surface area (TPSA) is 80.3 Å². The molecule has 0 N–H and O–H groups in total. The first-order valence-corrected chi connectivity index (χ1v) is 10.6. The van der Waals surface area contributed by atoms with Crippen LogP contribution in [0.1, 0.15) is 12.8 Å². The molecule has 1 amide bonds. The highest BCUT2D eigenvalue weighted by Gasteiger charge is 2.22. The predicted octanol–water partition coefficient (Wildman–Crippen LogP) is 3.00. The Morgan fingerprint density at radius 2 is 1.90 bits per heavy atom. The first-order valence-electron chi connectivity index (χ1n) is 10.6. The number of aryl methyl sites for hydroxylation is 1. The average Bonchev–Trinajstić information content (AvgIpc) is 3.47. The highest BCUT2D eigenvalue weighted by Crippen LogP contribution is 2.20. The average molecular weight is 416 g/mol. The predicted molar refractivity (Wildman–Crippen MR) is 118 cm³/mol. The number of aromatic nitrogens is 4. The van der Waals surface area contributed by atoms with Crippen LogP contribution in [0.2, 0.25) is 0 Å². The molecule has 158 valence electrons. The lowest BCUT2D eigenvalue weighted by Crippen LogP contribution is -2.49. The molecular formula is C23H24N6O2. The third-order valence-electron chi connectivity index (χ3n) is 5.72. The van der Waals surface area contributed by atoms with Gasteiger partial charge in [-0.1, -0.05) is 30.3 Å². The van der Waals surface area contributed by atoms with Crippen molar-refractivity contribution < 1.29 is 9.32 Å². The molecule has 1 aromatic carbocycles. The van der Waals surface area contributed by atoms with Crippen LogP contribution in [0, 0.1) is 0 Å². The zero-order valence-corrected chi connectivity index (χ0v) is 17.4. The van der Waals surface area contributed by atoms with Crippen molar-refractivity contribution in [3.63, 3.8) is 0 Å². The summed E-state index contributed by atoms with van der Waals surface area (Å²) in [6.45, 7) is 5.23. The molecule has 0 aliphatic carbocycles. The van der Waals surface area contributed by atoms with Gasteiger partial charge >= 0.3 is 0 Å². The van der Waals surface area contributed by atoms with Crippen molar-refractivity contribution in [2.75, 3.05) is 31.1 Å². The van der Waals surface area contributed by atoms with Crippen molar-refractivity contribution in [1.29, 1.82) is 0 Å². The van der Waals surface area contributed by atoms with Crippen LogP contribution in [-0.2, 0) is 17.8 Å². The lowest BCUT2D eigenvalue weighted by molar-refractivity contribution is -0.132. The number of piperazine rings is 1. The van der Waals surface area contributed by atoms with Crippen molar-refractivity contribution in [3.8, 4) is 11.4 Å². The number of para-hydroxylation sites is 1. The largest absolute Gasteiger partial charge is 0.353 e. The van der Waals surface area contributed by atoms with Crippen molar-refractivity contribution in [3.05, 3.63) is 60.7 Å². The number of amides is 1. The minimum absolute atomic E-state index is 0.146. The van der Waals surface area contributed by atoms with E-state index in [1.807, 2.05) is 59.0 Å². The normalized spacial score (nSPS) is 14.4. The summed E-state index contributed by atoms with van der Waals surface area (Å²) in [7, 11) is 0. The summed E-state index contributed by atoms with van der Waals surface area (Å²) < 4.78 is 7.19. The van der Waals surface area contributed by atoms with Crippen LogP contribution in [0.4, 0.5) is 5.82 Å². The second kappa shape index (κ2) is 8.22. The molecule has 1 aliphatic rings. The van der Waals surface area contributed by atoms with Crippen molar-refractivity contribution in [2.24, 2.45) is 0 Å². The van der Waals surface area contributed by atoms with E-state index in [1.54, 1.807) is 6.20 Å². The fraction of sp³-hybridized carbons (Fsp3) is 0.304. The maximum absolute atomic E-state index is 12.8. The fourth-order valence-electron chi connectivity index (χ4n) is 3.93. The summed E-state index contributed by atoms with van der Waals surface area (Å²) in [5.74, 6) is 2.22. The van der Waals surface area contributed by atoms with Gasteiger partial charge < -0.3 is 18.9 Å². The van der Waals surface area contributed by atoms with E-state index >= 15 is 0 Å². The molecule has 1 fully saturated rings. The SMILES string of the molecule is CCc1nc(-c2ccc(N3CCN(C(=O)Cn4ccc5ccccc54)CC3)nc2)no1. The highest BCUT2D eigenvalue weighted by atomic mass is 16.5. The van der Waals surface area contributed by atoms with Gasteiger partial charge in [-0.05, 0) is 29.7 Å². The maximum atomic E-state index is 12.8. The zero-order chi connectivity index (χ0) is 21.2. The molecule has 0 radical (unpaired) electrons. The van der Waals surface area contributed by atoms with Gasteiger partial charge in [-0.15, -0.1) is 0 Å². The summed E-state index contributed by atoms with van der Waals surface area (Å²) in [5, 5.41) is 5.15. The Bertz CT molecular complexity index is 1190. The molecule has 8 nitrogen and oxygen atoms in total. The summed E-state index contributed by atoms with van der Waals surface area (Å²) in [4.78, 5) is 25.9. The van der Waals surface area contributed by atoms with Crippen LogP contribution >= 0.6 is 0 Å². The number of hydrogen-bond donors (Lipinski definition) is 0. The quantitative estimate of drug-likeness (QED) is 0.498. The minimum atomic E-state index is 0.146. The number of carbonyl (C=O) groups is 1. The maximum Gasteiger partial charge on any atom is 0.242 e. The van der Waals surface area contributed by atoms with Gasteiger partial charge in [-0.25, -0.2) is 4.98 Å². The summed E-state index contributed by atoms with van der Waals surface area (Å²) in [6, 6.07) is 14.1. The number of benzene rings is 1. The van der Waals surface area contributed by atoms with Crippen LogP contribution < -0.4 is 4.90 Å². The minimum Gasteiger partial charge on any atom is -0.353 e. The third kappa shape index (κ3) is 3.88. The van der Waals surface area contributed by atoms with Crippen molar-refractivity contribution in [2.45, 2.75) is 19.9 Å². The van der Waals surface area contributed by atoms with Gasteiger partial charge in [0.05, 0.1) is 0 Å². The van der Waals surface area contributed by atoms with Crippen LogP contribution in [0.5, 0.6) is 0 Å². The van der Waals surface area contributed by atoms with E-state index in [0.717, 1.165) is 35.4 Å². The Labute approximate surface area is 180 Å². The molecule has 0 spiro atoms. The number of rotatable bonds is 5. The summed E-state index contributed by atoms with van der Waals surface area (Å²) in [5.41, 5.74) is 1.92. The molecule has 0 saturated carbocycles.